The smallest absolute Gasteiger partial charge is 0.415 e. The Bertz CT molecular complexity index is 212. The number of thioether (sulfide) groups is 1. The number of halogens is 3. The molecule has 15 heavy (non-hydrogen) atoms. The zero-order chi connectivity index (χ0) is 12.1. The monoisotopic (exact) mass is 247 g/mol. The van der Waals surface area contributed by atoms with E-state index >= 15 is 0 Å². The molecular weight excluding hydrogens is 235 g/mol. The third-order valence-corrected chi connectivity index (χ3v) is 2.62. The zero-order valence-electron chi connectivity index (χ0n) is 7.70. The first-order chi connectivity index (χ1) is 6.75. The standard InChI is InChI=1S/C7H12F3NO3S/c8-7(9,10)5(12)3-15-2-1-4(11)6(13)14/h4-5,12H,1-3,11H2,(H,13,14). The molecule has 0 aliphatic carbocycles. The van der Waals surface area contributed by atoms with Crippen molar-refractivity contribution in [3.63, 3.8) is 0 Å². The molecule has 0 aliphatic rings. The first-order valence-corrected chi connectivity index (χ1v) is 5.21. The number of carbonyl (C=O) groups is 1. The molecule has 0 heterocycles. The summed E-state index contributed by atoms with van der Waals surface area (Å²) >= 11 is 0.821. The van der Waals surface area contributed by atoms with Crippen molar-refractivity contribution in [1.82, 2.24) is 0 Å². The van der Waals surface area contributed by atoms with E-state index in [0.717, 1.165) is 11.8 Å². The second-order valence-electron chi connectivity index (χ2n) is 2.87. The Hall–Kier alpha value is -0.470. The fraction of sp³-hybridized carbons (Fsp3) is 0.857. The number of rotatable bonds is 6. The Morgan fingerprint density at radius 2 is 2.00 bits per heavy atom. The van der Waals surface area contributed by atoms with Crippen LogP contribution in [0.3, 0.4) is 0 Å². The number of carboxylic acids is 1. The maximum absolute atomic E-state index is 11.8. The van der Waals surface area contributed by atoms with Gasteiger partial charge in [-0.2, -0.15) is 24.9 Å². The molecule has 2 atom stereocenters. The summed E-state index contributed by atoms with van der Waals surface area (Å²) in [5.74, 6) is -1.52. The number of alkyl halides is 3. The minimum atomic E-state index is -4.62. The molecule has 0 fully saturated rings. The van der Waals surface area contributed by atoms with Crippen LogP contribution < -0.4 is 5.73 Å². The van der Waals surface area contributed by atoms with Crippen LogP contribution in [0.25, 0.3) is 0 Å². The van der Waals surface area contributed by atoms with Gasteiger partial charge in [0.2, 0.25) is 0 Å². The first-order valence-electron chi connectivity index (χ1n) is 4.06. The van der Waals surface area contributed by atoms with Gasteiger partial charge in [-0.15, -0.1) is 0 Å². The van der Waals surface area contributed by atoms with Gasteiger partial charge in [0.1, 0.15) is 6.04 Å². The molecule has 0 aromatic carbocycles. The van der Waals surface area contributed by atoms with Crippen LogP contribution in [0.5, 0.6) is 0 Å². The van der Waals surface area contributed by atoms with Crippen LogP contribution in [0, 0.1) is 0 Å². The van der Waals surface area contributed by atoms with Crippen molar-refractivity contribution in [2.24, 2.45) is 5.73 Å². The molecule has 0 saturated carbocycles. The fourth-order valence-electron chi connectivity index (χ4n) is 0.623. The van der Waals surface area contributed by atoms with E-state index in [1.165, 1.54) is 0 Å². The van der Waals surface area contributed by atoms with Crippen LogP contribution >= 0.6 is 11.8 Å². The number of nitrogens with two attached hydrogens (primary N) is 1. The third kappa shape index (κ3) is 6.58. The molecule has 0 bridgehead atoms. The molecule has 0 spiro atoms. The Morgan fingerprint density at radius 1 is 1.47 bits per heavy atom. The van der Waals surface area contributed by atoms with E-state index in [1.807, 2.05) is 0 Å². The largest absolute Gasteiger partial charge is 0.480 e. The van der Waals surface area contributed by atoms with Crippen molar-refractivity contribution in [2.75, 3.05) is 11.5 Å². The molecule has 0 rings (SSSR count). The Labute approximate surface area is 88.6 Å². The van der Waals surface area contributed by atoms with Gasteiger partial charge in [-0.1, -0.05) is 0 Å². The third-order valence-electron chi connectivity index (χ3n) is 1.54. The van der Waals surface area contributed by atoms with Crippen molar-refractivity contribution in [2.45, 2.75) is 24.7 Å². The van der Waals surface area contributed by atoms with Gasteiger partial charge < -0.3 is 15.9 Å². The van der Waals surface area contributed by atoms with Gasteiger partial charge >= 0.3 is 12.1 Å². The van der Waals surface area contributed by atoms with Crippen LogP contribution in [0.2, 0.25) is 0 Å². The summed E-state index contributed by atoms with van der Waals surface area (Å²) in [5, 5.41) is 16.9. The van der Waals surface area contributed by atoms with Crippen LogP contribution in [-0.2, 0) is 4.79 Å². The maximum Gasteiger partial charge on any atom is 0.415 e. The van der Waals surface area contributed by atoms with E-state index in [4.69, 9.17) is 15.9 Å². The summed E-state index contributed by atoms with van der Waals surface area (Å²) < 4.78 is 35.3. The average Bonchev–Trinajstić information content (AvgIpc) is 2.09. The molecule has 0 radical (unpaired) electrons. The SMILES string of the molecule is NC(CCSCC(O)C(F)(F)F)C(=O)O. The van der Waals surface area contributed by atoms with Crippen LogP contribution in [0.1, 0.15) is 6.42 Å². The molecule has 0 aromatic rings. The number of hydrogen-bond donors (Lipinski definition) is 3. The molecule has 4 N–H and O–H groups in total. The van der Waals surface area contributed by atoms with Crippen molar-refractivity contribution in [1.29, 1.82) is 0 Å². The molecular formula is C7H12F3NO3S. The minimum absolute atomic E-state index is 0.0740. The summed E-state index contributed by atoms with van der Waals surface area (Å²) in [6.07, 6.45) is -6.92. The number of hydrogen-bond acceptors (Lipinski definition) is 4. The zero-order valence-corrected chi connectivity index (χ0v) is 8.51. The van der Waals surface area contributed by atoms with Gasteiger partial charge in [-0.05, 0) is 12.2 Å². The van der Waals surface area contributed by atoms with Crippen molar-refractivity contribution < 1.29 is 28.2 Å². The number of aliphatic hydroxyl groups is 1. The molecule has 4 nitrogen and oxygen atoms in total. The second kappa shape index (κ2) is 6.19. The highest BCUT2D eigenvalue weighted by atomic mass is 32.2. The van der Waals surface area contributed by atoms with E-state index in [9.17, 15) is 18.0 Å². The Kier molecular flexibility index (Phi) is 5.99. The van der Waals surface area contributed by atoms with Gasteiger partial charge in [0.15, 0.2) is 6.10 Å². The predicted molar refractivity (Wildman–Crippen MR) is 49.6 cm³/mol. The Morgan fingerprint density at radius 3 is 2.40 bits per heavy atom. The molecule has 0 aromatic heterocycles. The second-order valence-corrected chi connectivity index (χ2v) is 4.02. The summed E-state index contributed by atoms with van der Waals surface area (Å²) in [4.78, 5) is 10.2. The maximum atomic E-state index is 11.8. The van der Waals surface area contributed by atoms with Crippen molar-refractivity contribution >= 4 is 17.7 Å². The van der Waals surface area contributed by atoms with E-state index in [0.29, 0.717) is 0 Å². The normalized spacial score (nSPS) is 16.1. The summed E-state index contributed by atoms with van der Waals surface area (Å²) in [6.45, 7) is 0. The molecule has 2 unspecified atom stereocenters. The van der Waals surface area contributed by atoms with E-state index in [-0.39, 0.29) is 12.2 Å². The van der Waals surface area contributed by atoms with Crippen LogP contribution in [-0.4, -0.2) is 46.0 Å². The van der Waals surface area contributed by atoms with Gasteiger partial charge in [-0.3, -0.25) is 4.79 Å². The van der Waals surface area contributed by atoms with Crippen molar-refractivity contribution in [3.8, 4) is 0 Å². The molecule has 90 valence electrons. The minimum Gasteiger partial charge on any atom is -0.480 e. The van der Waals surface area contributed by atoms with E-state index in [1.54, 1.807) is 0 Å². The lowest BCUT2D eigenvalue weighted by Gasteiger charge is -2.14. The Balaban J connectivity index is 3.59. The lowest BCUT2D eigenvalue weighted by molar-refractivity contribution is -0.195. The van der Waals surface area contributed by atoms with E-state index in [2.05, 4.69) is 0 Å². The van der Waals surface area contributed by atoms with Crippen LogP contribution in [0.4, 0.5) is 13.2 Å². The van der Waals surface area contributed by atoms with Gasteiger partial charge in [0, 0.05) is 5.75 Å². The predicted octanol–water partition coefficient (Wildman–Crippen LogP) is 0.445. The summed E-state index contributed by atoms with van der Waals surface area (Å²) in [7, 11) is 0. The van der Waals surface area contributed by atoms with Gasteiger partial charge in [-0.25, -0.2) is 0 Å². The highest BCUT2D eigenvalue weighted by Crippen LogP contribution is 2.23. The molecule has 0 aliphatic heterocycles. The van der Waals surface area contributed by atoms with Crippen molar-refractivity contribution in [3.05, 3.63) is 0 Å². The quantitative estimate of drug-likeness (QED) is 0.593. The van der Waals surface area contributed by atoms with Gasteiger partial charge in [0.05, 0.1) is 0 Å². The number of aliphatic carboxylic acids is 1. The number of carboxylic acid groups (broad SMARTS) is 1. The lowest BCUT2D eigenvalue weighted by Crippen LogP contribution is -2.32. The molecule has 0 amide bonds. The highest BCUT2D eigenvalue weighted by molar-refractivity contribution is 7.99. The number of aliphatic hydroxyl groups excluding tert-OH is 1. The lowest BCUT2D eigenvalue weighted by atomic mass is 10.2. The van der Waals surface area contributed by atoms with Gasteiger partial charge in [0.25, 0.3) is 0 Å². The topological polar surface area (TPSA) is 83.5 Å². The summed E-state index contributed by atoms with van der Waals surface area (Å²) in [6, 6.07) is -1.07. The molecule has 0 saturated heterocycles. The first kappa shape index (κ1) is 14.5. The highest BCUT2D eigenvalue weighted by Gasteiger charge is 2.37. The summed E-state index contributed by atoms with van der Waals surface area (Å²) in [5.41, 5.74) is 5.12. The van der Waals surface area contributed by atoms with Crippen LogP contribution in [0.15, 0.2) is 0 Å². The van der Waals surface area contributed by atoms with E-state index < -0.39 is 30.0 Å². The molecule has 8 heteroatoms. The fourth-order valence-corrected chi connectivity index (χ4v) is 1.62. The average molecular weight is 247 g/mol.